The topological polar surface area (TPSA) is 202 Å². The Bertz CT molecular complexity index is 1140. The second-order valence-corrected chi connectivity index (χ2v) is 33.9. The summed E-state index contributed by atoms with van der Waals surface area (Å²) in [6.07, 6.45) is 1.54. The number of carbonyl (C=O) groups is 6. The zero-order valence-corrected chi connectivity index (χ0v) is 45.4. The average Bonchev–Trinajstić information content (AvgIpc) is 3.02. The summed E-state index contributed by atoms with van der Waals surface area (Å²) in [6.45, 7) is 12.5. The van der Waals surface area contributed by atoms with E-state index in [1.54, 1.807) is 41.5 Å². The van der Waals surface area contributed by atoms with Crippen LogP contribution in [0.1, 0.15) is 60.8 Å². The van der Waals surface area contributed by atoms with Gasteiger partial charge in [-0.05, 0) is 204 Å². The average molecular weight is 1370 g/mol. The van der Waals surface area contributed by atoms with E-state index in [1.165, 1.54) is 0 Å². The van der Waals surface area contributed by atoms with E-state index in [0.29, 0.717) is 78.5 Å². The summed E-state index contributed by atoms with van der Waals surface area (Å²) in [5, 5.41) is 16.3. The second-order valence-electron chi connectivity index (χ2n) is 13.6. The number of hydrogen-bond acceptors (Lipinski definition) is 9. The highest BCUT2D eigenvalue weighted by molar-refractivity contribution is 9.40. The van der Waals surface area contributed by atoms with Crippen molar-refractivity contribution in [2.75, 3.05) is 59.3 Å². The van der Waals surface area contributed by atoms with E-state index in [-0.39, 0.29) is 23.6 Å². The lowest BCUT2D eigenvalue weighted by Gasteiger charge is -2.27. The van der Waals surface area contributed by atoms with Gasteiger partial charge in [0.1, 0.15) is 16.6 Å². The van der Waals surface area contributed by atoms with Crippen LogP contribution >= 0.6 is 143 Å². The minimum atomic E-state index is -1.19. The maximum atomic E-state index is 12.6. The molecule has 0 bridgehead atoms. The van der Waals surface area contributed by atoms with Crippen LogP contribution in [0, 0.1) is 5.92 Å². The molecular weight excluding hydrogens is 1320 g/mol. The standard InChI is InChI=1S/C31H49Br9N6O9/c1-26(2,44-23(50)29(32,33)34)20(47)41-10-7-13-53-16-19(17-54-14-8-11-42-21(48)27(3,4)45-24(51)30(35,36)37)18-55-15-9-12-43-22(49)28(5,6)46-25(52)31(38,39)40/h19H,7-18H2,1-6H3,(H,41,47)(H,42,48)(H,43,49)(H,44,50)(H,45,51)(H,46,52). The molecule has 6 amide bonds. The first-order valence-corrected chi connectivity index (χ1v) is 23.8. The highest BCUT2D eigenvalue weighted by Gasteiger charge is 2.38. The summed E-state index contributed by atoms with van der Waals surface area (Å²) in [6, 6.07) is 0. The van der Waals surface area contributed by atoms with Crippen LogP contribution in [0.3, 0.4) is 0 Å². The van der Waals surface area contributed by atoms with Crippen LogP contribution in [0.4, 0.5) is 0 Å². The van der Waals surface area contributed by atoms with Gasteiger partial charge < -0.3 is 46.1 Å². The number of ether oxygens (including phenoxy) is 3. The van der Waals surface area contributed by atoms with Crippen molar-refractivity contribution in [2.45, 2.75) is 83.9 Å². The smallest absolute Gasteiger partial charge is 0.259 e. The number of halogens is 9. The summed E-state index contributed by atoms with van der Waals surface area (Å²) in [5.41, 5.74) is -3.49. The van der Waals surface area contributed by atoms with Crippen LogP contribution in [-0.4, -0.2) is 118 Å². The summed E-state index contributed by atoms with van der Waals surface area (Å²) in [5.74, 6) is -2.63. The van der Waals surface area contributed by atoms with Crippen LogP contribution in [0.25, 0.3) is 0 Å². The largest absolute Gasteiger partial charge is 0.381 e. The van der Waals surface area contributed by atoms with Crippen LogP contribution < -0.4 is 31.9 Å². The molecule has 320 valence electrons. The fourth-order valence-electron chi connectivity index (χ4n) is 3.92. The van der Waals surface area contributed by atoms with Gasteiger partial charge in [-0.15, -0.1) is 0 Å². The van der Waals surface area contributed by atoms with Gasteiger partial charge in [0.15, 0.2) is 0 Å². The molecule has 0 spiro atoms. The molecule has 0 heterocycles. The molecule has 0 saturated heterocycles. The van der Waals surface area contributed by atoms with Gasteiger partial charge in [0.05, 0.1) is 19.8 Å². The molecule has 24 heteroatoms. The van der Waals surface area contributed by atoms with Gasteiger partial charge in [0, 0.05) is 45.4 Å². The van der Waals surface area contributed by atoms with Crippen molar-refractivity contribution in [1.82, 2.24) is 31.9 Å². The Morgan fingerprint density at radius 3 is 0.836 bits per heavy atom. The van der Waals surface area contributed by atoms with Gasteiger partial charge in [-0.2, -0.15) is 0 Å². The third-order valence-corrected chi connectivity index (χ3v) is 10.3. The molecule has 0 atom stereocenters. The Kier molecular flexibility index (Phi) is 26.2. The molecule has 0 rings (SSSR count). The van der Waals surface area contributed by atoms with Crippen molar-refractivity contribution in [3.8, 4) is 0 Å². The molecule has 0 aromatic rings. The minimum Gasteiger partial charge on any atom is -0.381 e. The van der Waals surface area contributed by atoms with Crippen molar-refractivity contribution < 1.29 is 43.0 Å². The maximum absolute atomic E-state index is 12.6. The fraction of sp³-hybridized carbons (Fsp3) is 0.806. The normalized spacial score (nSPS) is 12.9. The predicted octanol–water partition coefficient (Wildman–Crippen LogP) is 5.37. The Labute approximate surface area is 398 Å². The lowest BCUT2D eigenvalue weighted by Crippen LogP contribution is -2.57. The van der Waals surface area contributed by atoms with Crippen LogP contribution in [0.2, 0.25) is 0 Å². The zero-order chi connectivity index (χ0) is 42.9. The molecule has 0 unspecified atom stereocenters. The summed E-state index contributed by atoms with van der Waals surface area (Å²) < 4.78 is 14.1. The first-order chi connectivity index (χ1) is 24.9. The van der Waals surface area contributed by atoms with E-state index >= 15 is 0 Å². The lowest BCUT2D eigenvalue weighted by molar-refractivity contribution is -0.131. The van der Waals surface area contributed by atoms with E-state index in [2.05, 4.69) is 175 Å². The molecule has 0 aromatic carbocycles. The van der Waals surface area contributed by atoms with Crippen LogP contribution in [0.15, 0.2) is 0 Å². The molecule has 0 saturated carbocycles. The monoisotopic (exact) mass is 1360 g/mol. The molecule has 0 radical (unpaired) electrons. The third-order valence-electron chi connectivity index (χ3n) is 7.07. The quantitative estimate of drug-likeness (QED) is 0.0543. The van der Waals surface area contributed by atoms with E-state index in [4.69, 9.17) is 14.2 Å². The number of alkyl halides is 9. The fourth-order valence-corrected chi connectivity index (χ4v) is 4.81. The highest BCUT2D eigenvalue weighted by atomic mass is 80.0. The van der Waals surface area contributed by atoms with Crippen LogP contribution in [-0.2, 0) is 43.0 Å². The van der Waals surface area contributed by atoms with Gasteiger partial charge in [0.2, 0.25) is 24.1 Å². The lowest BCUT2D eigenvalue weighted by atomic mass is 10.0. The Morgan fingerprint density at radius 2 is 0.636 bits per heavy atom. The van der Waals surface area contributed by atoms with Crippen molar-refractivity contribution >= 4 is 179 Å². The molecule has 55 heavy (non-hydrogen) atoms. The Balaban J connectivity index is 4.91. The summed E-state index contributed by atoms with van der Waals surface area (Å²) in [4.78, 5) is 74.6. The first-order valence-electron chi connectivity index (χ1n) is 16.7. The number of nitrogens with one attached hydrogen (secondary N) is 6. The minimum absolute atomic E-state index is 0.148. The van der Waals surface area contributed by atoms with E-state index in [9.17, 15) is 28.8 Å². The molecule has 6 N–H and O–H groups in total. The first kappa shape index (κ1) is 56.0. The molecule has 0 aliphatic carbocycles. The van der Waals surface area contributed by atoms with E-state index in [0.717, 1.165) is 0 Å². The Hall–Kier alpha value is 1.02. The van der Waals surface area contributed by atoms with Crippen molar-refractivity contribution in [1.29, 1.82) is 0 Å². The molecule has 0 aromatic heterocycles. The third kappa shape index (κ3) is 24.8. The maximum Gasteiger partial charge on any atom is 0.259 e. The second kappa shape index (κ2) is 25.7. The van der Waals surface area contributed by atoms with Gasteiger partial charge >= 0.3 is 0 Å². The van der Waals surface area contributed by atoms with Crippen molar-refractivity contribution in [2.24, 2.45) is 5.92 Å². The summed E-state index contributed by atoms with van der Waals surface area (Å²) >= 11 is 28.2. The van der Waals surface area contributed by atoms with Crippen molar-refractivity contribution in [3.05, 3.63) is 0 Å². The number of carbonyl (C=O) groups excluding carboxylic acids is 6. The van der Waals surface area contributed by atoms with E-state index < -0.39 is 40.8 Å². The van der Waals surface area contributed by atoms with Gasteiger partial charge in [0.25, 0.3) is 17.7 Å². The van der Waals surface area contributed by atoms with Crippen molar-refractivity contribution in [3.63, 3.8) is 0 Å². The number of rotatable bonds is 24. The van der Waals surface area contributed by atoms with Gasteiger partial charge in [-0.3, -0.25) is 28.8 Å². The number of hydrogen-bond donors (Lipinski definition) is 6. The molecule has 0 fully saturated rings. The zero-order valence-electron chi connectivity index (χ0n) is 31.1. The Morgan fingerprint density at radius 1 is 0.418 bits per heavy atom. The predicted molar refractivity (Wildman–Crippen MR) is 244 cm³/mol. The van der Waals surface area contributed by atoms with Gasteiger partial charge in [-0.1, -0.05) is 0 Å². The summed E-state index contributed by atoms with van der Waals surface area (Å²) in [7, 11) is 0. The highest BCUT2D eigenvalue weighted by Crippen LogP contribution is 2.35. The van der Waals surface area contributed by atoms with Gasteiger partial charge in [-0.25, -0.2) is 0 Å². The molecule has 0 aliphatic heterocycles. The van der Waals surface area contributed by atoms with E-state index in [1.807, 2.05) is 0 Å². The van der Waals surface area contributed by atoms with Crippen LogP contribution in [0.5, 0.6) is 0 Å². The SMILES string of the molecule is CC(C)(NC(=O)C(Br)(Br)Br)C(=O)NCCCOCC(COCCCNC(=O)C(C)(C)NC(=O)C(Br)(Br)Br)COCCCNC(=O)C(C)(C)NC(=O)C(Br)(Br)Br. The molecule has 0 aliphatic rings. The molecular formula is C31H49Br9N6O9. The number of amides is 6. The molecule has 15 nitrogen and oxygen atoms in total.